The lowest BCUT2D eigenvalue weighted by molar-refractivity contribution is 0.0962. The van der Waals surface area contributed by atoms with Gasteiger partial charge in [-0.15, -0.1) is 6.58 Å². The van der Waals surface area contributed by atoms with Crippen molar-refractivity contribution in [3.05, 3.63) is 17.5 Å². The molecule has 0 saturated carbocycles. The molecule has 5 nitrogen and oxygen atoms in total. The molecule has 1 aromatic rings. The van der Waals surface area contributed by atoms with Crippen LogP contribution in [0, 0.1) is 5.92 Å². The van der Waals surface area contributed by atoms with Gasteiger partial charge in [0.2, 0.25) is 0 Å². The molecule has 1 amide bonds. The van der Waals surface area contributed by atoms with Crippen molar-refractivity contribution in [3.63, 3.8) is 0 Å². The van der Waals surface area contributed by atoms with Crippen LogP contribution < -0.4 is 16.4 Å². The maximum atomic E-state index is 11.7. The molecule has 1 aromatic heterocycles. The summed E-state index contributed by atoms with van der Waals surface area (Å²) in [6.07, 6.45) is 1.62. The molecule has 0 bridgehead atoms. The standard InChI is InChI=1S/C11H18N4OS/c1-4-5-13-10(16)8-9(12)15-11(17-8)14-6-7(2)3/h4,7H,1,5-6,12H2,2-3H3,(H,13,16)(H,14,15). The fourth-order valence-electron chi connectivity index (χ4n) is 1.11. The number of hydrogen-bond acceptors (Lipinski definition) is 5. The third kappa shape index (κ3) is 4.07. The highest BCUT2D eigenvalue weighted by molar-refractivity contribution is 7.18. The number of nitrogens with one attached hydrogen (secondary N) is 2. The van der Waals surface area contributed by atoms with Gasteiger partial charge in [0.15, 0.2) is 5.13 Å². The first-order valence-corrected chi connectivity index (χ1v) is 6.25. The molecule has 0 atom stereocenters. The Bertz CT molecular complexity index is 400. The lowest BCUT2D eigenvalue weighted by atomic mass is 10.2. The second kappa shape index (κ2) is 6.24. The number of thiazole rings is 1. The van der Waals surface area contributed by atoms with E-state index in [0.717, 1.165) is 6.54 Å². The molecular formula is C11H18N4OS. The summed E-state index contributed by atoms with van der Waals surface area (Å²) < 4.78 is 0. The Hall–Kier alpha value is -1.56. The molecule has 94 valence electrons. The molecule has 0 aromatic carbocycles. The van der Waals surface area contributed by atoms with Gasteiger partial charge in [-0.25, -0.2) is 4.98 Å². The van der Waals surface area contributed by atoms with Crippen molar-refractivity contribution in [1.29, 1.82) is 0 Å². The number of carbonyl (C=O) groups is 1. The smallest absolute Gasteiger partial charge is 0.265 e. The van der Waals surface area contributed by atoms with Gasteiger partial charge < -0.3 is 16.4 Å². The average Bonchev–Trinajstić information content (AvgIpc) is 2.65. The van der Waals surface area contributed by atoms with Gasteiger partial charge in [0.05, 0.1) is 0 Å². The van der Waals surface area contributed by atoms with Gasteiger partial charge in [0.1, 0.15) is 10.7 Å². The van der Waals surface area contributed by atoms with E-state index in [0.29, 0.717) is 22.5 Å². The number of carbonyl (C=O) groups excluding carboxylic acids is 1. The third-order valence-electron chi connectivity index (χ3n) is 1.93. The number of nitrogens with zero attached hydrogens (tertiary/aromatic N) is 1. The Morgan fingerprint density at radius 3 is 2.94 bits per heavy atom. The monoisotopic (exact) mass is 254 g/mol. The predicted molar refractivity (Wildman–Crippen MR) is 72.4 cm³/mol. The molecule has 0 spiro atoms. The van der Waals surface area contributed by atoms with Crippen molar-refractivity contribution in [2.24, 2.45) is 5.92 Å². The van der Waals surface area contributed by atoms with E-state index in [4.69, 9.17) is 5.73 Å². The van der Waals surface area contributed by atoms with E-state index in [-0.39, 0.29) is 11.7 Å². The van der Waals surface area contributed by atoms with Crippen molar-refractivity contribution in [2.45, 2.75) is 13.8 Å². The quantitative estimate of drug-likeness (QED) is 0.675. The largest absolute Gasteiger partial charge is 0.382 e. The highest BCUT2D eigenvalue weighted by Gasteiger charge is 2.15. The third-order valence-corrected chi connectivity index (χ3v) is 2.96. The Morgan fingerprint density at radius 1 is 1.65 bits per heavy atom. The predicted octanol–water partition coefficient (Wildman–Crippen LogP) is 1.71. The van der Waals surface area contributed by atoms with Gasteiger partial charge in [-0.2, -0.15) is 0 Å². The number of aromatic nitrogens is 1. The van der Waals surface area contributed by atoms with E-state index in [1.165, 1.54) is 11.3 Å². The van der Waals surface area contributed by atoms with Crippen molar-refractivity contribution in [1.82, 2.24) is 10.3 Å². The van der Waals surface area contributed by atoms with Crippen molar-refractivity contribution >= 4 is 28.2 Å². The number of anilines is 2. The second-order valence-corrected chi connectivity index (χ2v) is 5.01. The average molecular weight is 254 g/mol. The fourth-order valence-corrected chi connectivity index (χ4v) is 1.91. The molecule has 0 fully saturated rings. The number of amides is 1. The van der Waals surface area contributed by atoms with E-state index < -0.39 is 0 Å². The first-order chi connectivity index (χ1) is 8.04. The lowest BCUT2D eigenvalue weighted by Gasteiger charge is -2.04. The van der Waals surface area contributed by atoms with Gasteiger partial charge in [0.25, 0.3) is 5.91 Å². The molecular weight excluding hydrogens is 236 g/mol. The van der Waals surface area contributed by atoms with Crippen molar-refractivity contribution < 1.29 is 4.79 Å². The minimum atomic E-state index is -0.211. The molecule has 17 heavy (non-hydrogen) atoms. The van der Waals surface area contributed by atoms with Crippen molar-refractivity contribution in [3.8, 4) is 0 Å². The minimum absolute atomic E-state index is 0.211. The molecule has 0 unspecified atom stereocenters. The Morgan fingerprint density at radius 2 is 2.35 bits per heavy atom. The van der Waals surface area contributed by atoms with E-state index in [9.17, 15) is 4.79 Å². The zero-order valence-corrected chi connectivity index (χ0v) is 10.9. The fraction of sp³-hybridized carbons (Fsp3) is 0.455. The highest BCUT2D eigenvalue weighted by atomic mass is 32.1. The minimum Gasteiger partial charge on any atom is -0.382 e. The van der Waals surface area contributed by atoms with Gasteiger partial charge >= 0.3 is 0 Å². The van der Waals surface area contributed by atoms with Gasteiger partial charge in [-0.05, 0) is 5.92 Å². The van der Waals surface area contributed by atoms with Crippen LogP contribution in [-0.2, 0) is 0 Å². The number of rotatable bonds is 6. The van der Waals surface area contributed by atoms with Crippen molar-refractivity contribution in [2.75, 3.05) is 24.1 Å². The molecule has 0 aliphatic carbocycles. The van der Waals surface area contributed by atoms with Crippen LogP contribution in [0.2, 0.25) is 0 Å². The Kier molecular flexibility index (Phi) is 4.96. The maximum Gasteiger partial charge on any atom is 0.265 e. The molecule has 0 aliphatic rings. The van der Waals surface area contributed by atoms with Crippen LogP contribution in [0.15, 0.2) is 12.7 Å². The first kappa shape index (κ1) is 13.5. The molecule has 6 heteroatoms. The van der Waals surface area contributed by atoms with E-state index in [1.807, 2.05) is 0 Å². The second-order valence-electron chi connectivity index (χ2n) is 4.01. The Labute approximate surface area is 105 Å². The summed E-state index contributed by atoms with van der Waals surface area (Å²) >= 11 is 1.27. The summed E-state index contributed by atoms with van der Waals surface area (Å²) in [5.41, 5.74) is 5.69. The van der Waals surface area contributed by atoms with E-state index in [2.05, 4.69) is 36.0 Å². The molecule has 1 heterocycles. The lowest BCUT2D eigenvalue weighted by Crippen LogP contribution is -2.23. The zero-order chi connectivity index (χ0) is 12.8. The highest BCUT2D eigenvalue weighted by Crippen LogP contribution is 2.24. The normalized spacial score (nSPS) is 10.3. The van der Waals surface area contributed by atoms with Gasteiger partial charge in [-0.1, -0.05) is 31.3 Å². The van der Waals surface area contributed by atoms with Gasteiger partial charge in [0, 0.05) is 13.1 Å². The molecule has 4 N–H and O–H groups in total. The van der Waals surface area contributed by atoms with Crippen LogP contribution in [0.4, 0.5) is 10.9 Å². The molecule has 1 rings (SSSR count). The SMILES string of the molecule is C=CCNC(=O)c1sc(NCC(C)C)nc1N. The molecule has 0 radical (unpaired) electrons. The number of nitrogen functional groups attached to an aromatic ring is 1. The first-order valence-electron chi connectivity index (χ1n) is 5.43. The van der Waals surface area contributed by atoms with Crippen LogP contribution in [0.5, 0.6) is 0 Å². The topological polar surface area (TPSA) is 80.0 Å². The molecule has 0 aliphatic heterocycles. The van der Waals surface area contributed by atoms with Crippen LogP contribution in [-0.4, -0.2) is 24.0 Å². The van der Waals surface area contributed by atoms with Crippen LogP contribution in [0.25, 0.3) is 0 Å². The summed E-state index contributed by atoms with van der Waals surface area (Å²) in [6, 6.07) is 0. The summed E-state index contributed by atoms with van der Waals surface area (Å²) in [7, 11) is 0. The molecule has 0 saturated heterocycles. The van der Waals surface area contributed by atoms with Crippen LogP contribution in [0.1, 0.15) is 23.5 Å². The maximum absolute atomic E-state index is 11.7. The van der Waals surface area contributed by atoms with E-state index >= 15 is 0 Å². The van der Waals surface area contributed by atoms with Crippen LogP contribution in [0.3, 0.4) is 0 Å². The van der Waals surface area contributed by atoms with Gasteiger partial charge in [-0.3, -0.25) is 4.79 Å². The number of hydrogen-bond donors (Lipinski definition) is 3. The zero-order valence-electron chi connectivity index (χ0n) is 10.1. The van der Waals surface area contributed by atoms with E-state index in [1.54, 1.807) is 6.08 Å². The van der Waals surface area contributed by atoms with Crippen LogP contribution >= 0.6 is 11.3 Å². The summed E-state index contributed by atoms with van der Waals surface area (Å²) in [5.74, 6) is 0.568. The summed E-state index contributed by atoms with van der Waals surface area (Å²) in [6.45, 7) is 8.96. The summed E-state index contributed by atoms with van der Waals surface area (Å²) in [4.78, 5) is 16.2. The Balaban J connectivity index is 2.67. The number of nitrogens with two attached hydrogens (primary N) is 1. The summed E-state index contributed by atoms with van der Waals surface area (Å²) in [5, 5.41) is 6.50.